The number of carboxylic acids is 1. The molecule has 0 aliphatic carbocycles. The molecule has 37 heavy (non-hydrogen) atoms. The van der Waals surface area contributed by atoms with Crippen LogP contribution < -0.4 is 10.1 Å². The molecular weight excluding hydrogens is 515 g/mol. The Morgan fingerprint density at radius 2 is 1.70 bits per heavy atom. The Balaban J connectivity index is 1.54. The van der Waals surface area contributed by atoms with Crippen molar-refractivity contribution in [3.05, 3.63) is 98.7 Å². The lowest BCUT2D eigenvalue weighted by Gasteiger charge is -2.13. The van der Waals surface area contributed by atoms with Crippen LogP contribution in [0.15, 0.2) is 65.2 Å². The van der Waals surface area contributed by atoms with Gasteiger partial charge in [0.25, 0.3) is 5.91 Å². The second-order valence-corrected chi connectivity index (χ2v) is 9.55. The Morgan fingerprint density at radius 1 is 1.03 bits per heavy atom. The molecule has 0 fully saturated rings. The average molecular weight is 539 g/mol. The molecule has 0 saturated carbocycles. The van der Waals surface area contributed by atoms with Crippen LogP contribution in [0.4, 0.5) is 5.69 Å². The van der Waals surface area contributed by atoms with Crippen LogP contribution in [-0.4, -0.2) is 22.1 Å². The number of amides is 1. The molecule has 3 aromatic carbocycles. The van der Waals surface area contributed by atoms with Crippen LogP contribution in [0.5, 0.6) is 5.75 Å². The number of aryl methyl sites for hydroxylation is 1. The molecule has 0 saturated heterocycles. The summed E-state index contributed by atoms with van der Waals surface area (Å²) in [5.41, 5.74) is 3.50. The molecular formula is C28H24Cl2N2O5. The number of ether oxygens (including phenoxy) is 1. The SMILES string of the molecule is Cc1cc(OCc2c(-c3c(Cl)cccc3Cl)noc2C(C)C)ccc1NC(=O)c1cccc(C(=O)O)c1. The highest BCUT2D eigenvalue weighted by Gasteiger charge is 2.24. The lowest BCUT2D eigenvalue weighted by Crippen LogP contribution is -2.13. The molecule has 1 heterocycles. The van der Waals surface area contributed by atoms with Gasteiger partial charge >= 0.3 is 5.97 Å². The molecule has 1 amide bonds. The quantitative estimate of drug-likeness (QED) is 0.239. The summed E-state index contributed by atoms with van der Waals surface area (Å²) in [5.74, 6) is -0.196. The second-order valence-electron chi connectivity index (χ2n) is 8.73. The first-order valence-corrected chi connectivity index (χ1v) is 12.2. The maximum atomic E-state index is 12.7. The van der Waals surface area contributed by atoms with E-state index in [1.54, 1.807) is 42.5 Å². The van der Waals surface area contributed by atoms with E-state index in [-0.39, 0.29) is 23.7 Å². The lowest BCUT2D eigenvalue weighted by molar-refractivity contribution is 0.0697. The van der Waals surface area contributed by atoms with Gasteiger partial charge in [0.2, 0.25) is 0 Å². The number of carbonyl (C=O) groups excluding carboxylic acids is 1. The monoisotopic (exact) mass is 538 g/mol. The van der Waals surface area contributed by atoms with Crippen LogP contribution in [0.25, 0.3) is 11.3 Å². The minimum Gasteiger partial charge on any atom is -0.489 e. The van der Waals surface area contributed by atoms with Crippen molar-refractivity contribution < 1.29 is 24.0 Å². The zero-order valence-electron chi connectivity index (χ0n) is 20.3. The third-order valence-corrected chi connectivity index (χ3v) is 6.37. The van der Waals surface area contributed by atoms with Crippen LogP contribution in [0.2, 0.25) is 10.0 Å². The number of hydrogen-bond donors (Lipinski definition) is 2. The van der Waals surface area contributed by atoms with E-state index in [1.807, 2.05) is 20.8 Å². The van der Waals surface area contributed by atoms with Gasteiger partial charge < -0.3 is 19.7 Å². The number of anilines is 1. The van der Waals surface area contributed by atoms with Crippen LogP contribution in [-0.2, 0) is 6.61 Å². The van der Waals surface area contributed by atoms with E-state index in [2.05, 4.69) is 10.5 Å². The number of nitrogens with one attached hydrogen (secondary N) is 1. The molecule has 1 aromatic heterocycles. The average Bonchev–Trinajstić information content (AvgIpc) is 3.28. The number of benzene rings is 3. The largest absolute Gasteiger partial charge is 0.489 e. The van der Waals surface area contributed by atoms with Gasteiger partial charge in [0, 0.05) is 22.7 Å². The molecule has 0 atom stereocenters. The Labute approximate surface area is 224 Å². The molecule has 4 aromatic rings. The third kappa shape index (κ3) is 5.79. The number of carbonyl (C=O) groups is 2. The summed E-state index contributed by atoms with van der Waals surface area (Å²) < 4.78 is 11.7. The number of hydrogen-bond acceptors (Lipinski definition) is 5. The van der Waals surface area contributed by atoms with Crippen LogP contribution in [0, 0.1) is 6.92 Å². The molecule has 0 radical (unpaired) electrons. The molecule has 9 heteroatoms. The fourth-order valence-corrected chi connectivity index (χ4v) is 4.42. The van der Waals surface area contributed by atoms with Gasteiger partial charge in [0.05, 0.1) is 21.2 Å². The molecule has 2 N–H and O–H groups in total. The lowest BCUT2D eigenvalue weighted by atomic mass is 10.0. The van der Waals surface area contributed by atoms with Gasteiger partial charge in [-0.2, -0.15) is 0 Å². The van der Waals surface area contributed by atoms with Crippen molar-refractivity contribution in [3.8, 4) is 17.0 Å². The first-order chi connectivity index (χ1) is 17.7. The summed E-state index contributed by atoms with van der Waals surface area (Å²) in [6, 6.07) is 16.4. The van der Waals surface area contributed by atoms with E-state index in [1.165, 1.54) is 18.2 Å². The topological polar surface area (TPSA) is 102 Å². The Bertz CT molecular complexity index is 1460. The molecule has 0 spiro atoms. The standard InChI is InChI=1S/C28H24Cl2N2O5/c1-15(2)26-20(25(32-37-26)24-21(29)8-5-9-22(24)30)14-36-19-10-11-23(16(3)12-19)31-27(33)17-6-4-7-18(13-17)28(34)35/h4-13,15H,14H2,1-3H3,(H,31,33)(H,34,35). The van der Waals surface area contributed by atoms with Gasteiger partial charge in [-0.25, -0.2) is 4.79 Å². The summed E-state index contributed by atoms with van der Waals surface area (Å²) in [6.07, 6.45) is 0. The minimum atomic E-state index is -1.10. The zero-order chi connectivity index (χ0) is 26.7. The second kappa shape index (κ2) is 11.1. The summed E-state index contributed by atoms with van der Waals surface area (Å²) in [4.78, 5) is 23.9. The highest BCUT2D eigenvalue weighted by molar-refractivity contribution is 6.39. The van der Waals surface area contributed by atoms with Crippen molar-refractivity contribution in [2.75, 3.05) is 5.32 Å². The molecule has 0 unspecified atom stereocenters. The maximum Gasteiger partial charge on any atom is 0.335 e. The van der Waals surface area contributed by atoms with E-state index < -0.39 is 11.9 Å². The van der Waals surface area contributed by atoms with E-state index in [4.69, 9.17) is 37.6 Å². The van der Waals surface area contributed by atoms with Crippen LogP contribution >= 0.6 is 23.2 Å². The highest BCUT2D eigenvalue weighted by Crippen LogP contribution is 2.39. The van der Waals surface area contributed by atoms with Crippen molar-refractivity contribution in [2.45, 2.75) is 33.3 Å². The molecule has 0 bridgehead atoms. The molecule has 7 nitrogen and oxygen atoms in total. The number of rotatable bonds is 8. The van der Waals surface area contributed by atoms with Crippen LogP contribution in [0.3, 0.4) is 0 Å². The third-order valence-electron chi connectivity index (χ3n) is 5.74. The summed E-state index contributed by atoms with van der Waals surface area (Å²) in [6.45, 7) is 6.00. The molecule has 190 valence electrons. The van der Waals surface area contributed by atoms with Crippen molar-refractivity contribution >= 4 is 40.8 Å². The van der Waals surface area contributed by atoms with Gasteiger partial charge in [-0.05, 0) is 61.0 Å². The van der Waals surface area contributed by atoms with Crippen molar-refractivity contribution in [1.82, 2.24) is 5.16 Å². The van der Waals surface area contributed by atoms with Crippen LogP contribution in [0.1, 0.15) is 57.4 Å². The predicted molar refractivity (Wildman–Crippen MR) is 143 cm³/mol. The van der Waals surface area contributed by atoms with Gasteiger partial charge in [-0.3, -0.25) is 4.79 Å². The number of halogens is 2. The number of nitrogens with zero attached hydrogens (tertiary/aromatic N) is 1. The molecule has 0 aliphatic heterocycles. The predicted octanol–water partition coefficient (Wildman–Crippen LogP) is 7.61. The summed E-state index contributed by atoms with van der Waals surface area (Å²) in [7, 11) is 0. The van der Waals surface area contributed by atoms with E-state index >= 15 is 0 Å². The summed E-state index contributed by atoms with van der Waals surface area (Å²) in [5, 5.41) is 17.1. The summed E-state index contributed by atoms with van der Waals surface area (Å²) >= 11 is 12.8. The van der Waals surface area contributed by atoms with Crippen molar-refractivity contribution in [3.63, 3.8) is 0 Å². The number of aromatic nitrogens is 1. The van der Waals surface area contributed by atoms with E-state index in [0.717, 1.165) is 11.1 Å². The Kier molecular flexibility index (Phi) is 7.86. The first kappa shape index (κ1) is 26.3. The molecule has 4 rings (SSSR count). The fraction of sp³-hybridized carbons (Fsp3) is 0.179. The van der Waals surface area contributed by atoms with Gasteiger partial charge in [0.15, 0.2) is 0 Å². The Hall–Kier alpha value is -3.81. The maximum absolute atomic E-state index is 12.7. The normalized spacial score (nSPS) is 11.0. The first-order valence-electron chi connectivity index (χ1n) is 11.5. The molecule has 0 aliphatic rings. The van der Waals surface area contributed by atoms with Crippen molar-refractivity contribution in [2.24, 2.45) is 0 Å². The minimum absolute atomic E-state index is 0.0417. The van der Waals surface area contributed by atoms with E-state index in [0.29, 0.717) is 38.5 Å². The number of aromatic carboxylic acids is 1. The fourth-order valence-electron chi connectivity index (χ4n) is 3.85. The van der Waals surface area contributed by atoms with Gasteiger partial charge in [0.1, 0.15) is 23.8 Å². The van der Waals surface area contributed by atoms with E-state index in [9.17, 15) is 9.59 Å². The zero-order valence-corrected chi connectivity index (χ0v) is 21.9. The van der Waals surface area contributed by atoms with Gasteiger partial charge in [-0.1, -0.05) is 54.3 Å². The Morgan fingerprint density at radius 3 is 2.35 bits per heavy atom. The highest BCUT2D eigenvalue weighted by atomic mass is 35.5. The van der Waals surface area contributed by atoms with Gasteiger partial charge in [-0.15, -0.1) is 0 Å². The number of carboxylic acid groups (broad SMARTS) is 1. The smallest absolute Gasteiger partial charge is 0.335 e. The van der Waals surface area contributed by atoms with Crippen molar-refractivity contribution in [1.29, 1.82) is 0 Å².